The van der Waals surface area contributed by atoms with Crippen molar-refractivity contribution in [3.05, 3.63) is 23.8 Å². The molecule has 24 heavy (non-hydrogen) atoms. The van der Waals surface area contributed by atoms with Gasteiger partial charge in [-0.2, -0.15) is 12.2 Å². The Morgan fingerprint density at radius 2 is 2.04 bits per heavy atom. The summed E-state index contributed by atoms with van der Waals surface area (Å²) in [6.45, 7) is 7.86. The van der Waals surface area contributed by atoms with E-state index in [0.29, 0.717) is 18.4 Å². The molecule has 1 heterocycles. The van der Waals surface area contributed by atoms with Gasteiger partial charge in [0, 0.05) is 33.6 Å². The number of ether oxygens (including phenoxy) is 1. The van der Waals surface area contributed by atoms with Crippen LogP contribution in [0.1, 0.15) is 47.0 Å². The van der Waals surface area contributed by atoms with Crippen LogP contribution in [0.3, 0.4) is 0 Å². The van der Waals surface area contributed by atoms with E-state index in [-0.39, 0.29) is 51.5 Å². The van der Waals surface area contributed by atoms with E-state index in [4.69, 9.17) is 4.74 Å². The molecular formula is C17H25N2O4W-. The van der Waals surface area contributed by atoms with Crippen LogP contribution < -0.4 is 10.6 Å². The van der Waals surface area contributed by atoms with E-state index in [0.717, 1.165) is 0 Å². The van der Waals surface area contributed by atoms with Crippen molar-refractivity contribution in [3.8, 4) is 0 Å². The third-order valence-electron chi connectivity index (χ3n) is 3.20. The number of hydrogen-bond acceptors (Lipinski definition) is 4. The maximum Gasteiger partial charge on any atom is 0.248 e. The second-order valence-corrected chi connectivity index (χ2v) is 5.36. The minimum Gasteiger partial charge on any atom is -0.394 e. The van der Waals surface area contributed by atoms with Crippen molar-refractivity contribution in [3.63, 3.8) is 0 Å². The Hall–Kier alpha value is -1.26. The zero-order valence-corrected chi connectivity index (χ0v) is 17.5. The second-order valence-electron chi connectivity index (χ2n) is 5.36. The number of carbonyl (C=O) groups excluding carboxylic acids is 3. The molecule has 134 valence electrons. The first-order chi connectivity index (χ1) is 11.0. The summed E-state index contributed by atoms with van der Waals surface area (Å²) in [6.07, 6.45) is 7.48. The van der Waals surface area contributed by atoms with Crippen LogP contribution >= 0.6 is 0 Å². The summed E-state index contributed by atoms with van der Waals surface area (Å²) in [5, 5.41) is 4.83. The molecule has 1 aliphatic carbocycles. The maximum absolute atomic E-state index is 12.1. The van der Waals surface area contributed by atoms with E-state index in [1.807, 2.05) is 27.7 Å². The van der Waals surface area contributed by atoms with Crippen LogP contribution in [0.2, 0.25) is 0 Å². The minimum atomic E-state index is -0.677. The van der Waals surface area contributed by atoms with Crippen molar-refractivity contribution in [2.45, 2.75) is 65.2 Å². The SMILES string of the molecule is CC.CC(C)OC1C=C(C(=O)NC2CCC(=O)NC2=O)[C-]=CC1.[W]. The summed E-state index contributed by atoms with van der Waals surface area (Å²) >= 11 is 0. The molecule has 3 amide bonds. The van der Waals surface area contributed by atoms with Gasteiger partial charge in [-0.3, -0.25) is 14.9 Å². The first-order valence-corrected chi connectivity index (χ1v) is 8.05. The van der Waals surface area contributed by atoms with Crippen molar-refractivity contribution in [1.82, 2.24) is 10.6 Å². The number of piperidine rings is 1. The summed E-state index contributed by atoms with van der Waals surface area (Å²) in [7, 11) is 0. The Morgan fingerprint density at radius 1 is 1.38 bits per heavy atom. The molecule has 0 aromatic rings. The topological polar surface area (TPSA) is 84.5 Å². The molecule has 7 heteroatoms. The fourth-order valence-corrected chi connectivity index (χ4v) is 2.24. The van der Waals surface area contributed by atoms with Gasteiger partial charge in [-0.05, 0) is 26.7 Å². The van der Waals surface area contributed by atoms with Gasteiger partial charge in [0.05, 0.1) is 12.1 Å². The molecule has 0 radical (unpaired) electrons. The van der Waals surface area contributed by atoms with Gasteiger partial charge in [0.25, 0.3) is 0 Å². The second kappa shape index (κ2) is 11.3. The number of imide groups is 1. The van der Waals surface area contributed by atoms with Crippen LogP contribution in [0, 0.1) is 6.08 Å². The van der Waals surface area contributed by atoms with E-state index in [1.54, 1.807) is 12.2 Å². The predicted molar refractivity (Wildman–Crippen MR) is 86.2 cm³/mol. The average molecular weight is 505 g/mol. The molecule has 0 bridgehead atoms. The third-order valence-corrected chi connectivity index (χ3v) is 3.20. The summed E-state index contributed by atoms with van der Waals surface area (Å²) in [5.41, 5.74) is 0.358. The van der Waals surface area contributed by atoms with E-state index in [9.17, 15) is 14.4 Å². The molecule has 2 N–H and O–H groups in total. The first-order valence-electron chi connectivity index (χ1n) is 8.05. The average Bonchev–Trinajstić information content (AvgIpc) is 2.51. The monoisotopic (exact) mass is 505 g/mol. The number of amides is 3. The zero-order valence-electron chi connectivity index (χ0n) is 14.5. The van der Waals surface area contributed by atoms with Crippen LogP contribution in [0.25, 0.3) is 0 Å². The fraction of sp³-hybridized carbons (Fsp3) is 0.588. The molecule has 0 aromatic carbocycles. The van der Waals surface area contributed by atoms with Gasteiger partial charge in [-0.15, -0.1) is 11.6 Å². The Morgan fingerprint density at radius 3 is 2.62 bits per heavy atom. The van der Waals surface area contributed by atoms with Crippen LogP contribution in [0.15, 0.2) is 17.7 Å². The molecule has 1 saturated heterocycles. The van der Waals surface area contributed by atoms with Gasteiger partial charge in [0.15, 0.2) is 0 Å². The fourth-order valence-electron chi connectivity index (χ4n) is 2.24. The normalized spacial score (nSPS) is 22.6. The third kappa shape index (κ3) is 7.10. The van der Waals surface area contributed by atoms with Gasteiger partial charge in [-0.25, -0.2) is 0 Å². The van der Waals surface area contributed by atoms with Gasteiger partial charge in [0.2, 0.25) is 11.8 Å². The van der Waals surface area contributed by atoms with E-state index in [2.05, 4.69) is 16.7 Å². The maximum atomic E-state index is 12.1. The van der Waals surface area contributed by atoms with Crippen LogP contribution in [-0.4, -0.2) is 36.0 Å². The van der Waals surface area contributed by atoms with E-state index >= 15 is 0 Å². The molecule has 2 aliphatic rings. The Kier molecular flexibility index (Phi) is 10.7. The molecule has 0 aromatic heterocycles. The number of nitrogens with one attached hydrogen (secondary N) is 2. The predicted octanol–water partition coefficient (Wildman–Crippen LogP) is 1.41. The zero-order chi connectivity index (χ0) is 17.4. The number of carbonyl (C=O) groups is 3. The van der Waals surface area contributed by atoms with Crippen LogP contribution in [0.4, 0.5) is 0 Å². The summed E-state index contributed by atoms with van der Waals surface area (Å²) in [6, 6.07) is -0.677. The van der Waals surface area contributed by atoms with Crippen molar-refractivity contribution < 1.29 is 40.2 Å². The van der Waals surface area contributed by atoms with Crippen molar-refractivity contribution in [1.29, 1.82) is 0 Å². The Balaban J connectivity index is 0.00000170. The minimum absolute atomic E-state index is 0. The molecule has 2 rings (SSSR count). The van der Waals surface area contributed by atoms with Gasteiger partial charge in [-0.1, -0.05) is 13.8 Å². The summed E-state index contributed by atoms with van der Waals surface area (Å²) in [5.74, 6) is -1.15. The molecule has 0 spiro atoms. The molecule has 1 fully saturated rings. The Labute approximate surface area is 157 Å². The van der Waals surface area contributed by atoms with Crippen molar-refractivity contribution in [2.24, 2.45) is 0 Å². The van der Waals surface area contributed by atoms with Crippen LogP contribution in [0.5, 0.6) is 0 Å². The Bertz CT molecular complexity index is 515. The van der Waals surface area contributed by atoms with E-state index in [1.165, 1.54) is 0 Å². The van der Waals surface area contributed by atoms with E-state index < -0.39 is 11.9 Å². The molecule has 2 atom stereocenters. The summed E-state index contributed by atoms with van der Waals surface area (Å²) in [4.78, 5) is 34.8. The number of hydrogen-bond donors (Lipinski definition) is 2. The molecule has 6 nitrogen and oxygen atoms in total. The van der Waals surface area contributed by atoms with Crippen molar-refractivity contribution in [2.75, 3.05) is 0 Å². The first kappa shape index (κ1) is 22.7. The molecule has 0 saturated carbocycles. The molecule has 1 aliphatic heterocycles. The molecule has 2 unspecified atom stereocenters. The molecular weight excluding hydrogens is 480 g/mol. The van der Waals surface area contributed by atoms with Gasteiger partial charge in [0.1, 0.15) is 5.91 Å². The summed E-state index contributed by atoms with van der Waals surface area (Å²) < 4.78 is 5.65. The van der Waals surface area contributed by atoms with Crippen LogP contribution in [-0.2, 0) is 40.2 Å². The quantitative estimate of drug-likeness (QED) is 0.448. The van der Waals surface area contributed by atoms with Crippen molar-refractivity contribution >= 4 is 17.7 Å². The largest absolute Gasteiger partial charge is 0.394 e. The van der Waals surface area contributed by atoms with Gasteiger partial charge < -0.3 is 14.8 Å². The van der Waals surface area contributed by atoms with Gasteiger partial charge >= 0.3 is 0 Å². The smallest absolute Gasteiger partial charge is 0.248 e. The number of rotatable bonds is 4. The standard InChI is InChI=1S/C15H19N2O4.C2H6.W/c1-9(2)21-11-5-3-4-10(8-11)14(19)16-12-6-7-13(18)17-15(12)20;1-2;/h3,8-9,11-12H,5-7H2,1-2H3,(H,16,19)(H,17,18,20);1-2H3;/q-1;;.